The van der Waals surface area contributed by atoms with Gasteiger partial charge in [0.1, 0.15) is 10.7 Å². The van der Waals surface area contributed by atoms with E-state index in [1.165, 1.54) is 10.5 Å². The van der Waals surface area contributed by atoms with Crippen LogP contribution >= 0.6 is 0 Å². The molecule has 2 aromatic heterocycles. The van der Waals surface area contributed by atoms with Crippen LogP contribution in [-0.2, 0) is 10.0 Å². The van der Waals surface area contributed by atoms with Gasteiger partial charge in [-0.1, -0.05) is 5.16 Å². The van der Waals surface area contributed by atoms with Crippen molar-refractivity contribution in [2.45, 2.75) is 30.7 Å². The molecule has 0 aromatic carbocycles. The van der Waals surface area contributed by atoms with Crippen molar-refractivity contribution in [1.82, 2.24) is 19.7 Å². The summed E-state index contributed by atoms with van der Waals surface area (Å²) in [6.45, 7) is 2.23. The fraction of sp³-hybridized carbons (Fsp3) is 0.455. The van der Waals surface area contributed by atoms with Gasteiger partial charge in [-0.2, -0.15) is 9.40 Å². The lowest BCUT2D eigenvalue weighted by molar-refractivity contribution is 0.297. The van der Waals surface area contributed by atoms with E-state index < -0.39 is 10.0 Å². The van der Waals surface area contributed by atoms with Gasteiger partial charge < -0.3 is 10.3 Å². The highest BCUT2D eigenvalue weighted by Gasteiger charge is 2.39. The SMILES string of the molecule is Cc1cc(C2CCCN2S(=O)(=O)c2cn[nH]c2N)on1. The minimum Gasteiger partial charge on any atom is -0.383 e. The molecule has 1 fully saturated rings. The van der Waals surface area contributed by atoms with Crippen LogP contribution in [0.4, 0.5) is 5.82 Å². The van der Waals surface area contributed by atoms with Gasteiger partial charge in [0.05, 0.1) is 17.9 Å². The molecule has 0 bridgehead atoms. The van der Waals surface area contributed by atoms with E-state index in [0.29, 0.717) is 18.7 Å². The second kappa shape index (κ2) is 4.60. The van der Waals surface area contributed by atoms with Crippen molar-refractivity contribution >= 4 is 15.8 Å². The molecule has 0 spiro atoms. The Bertz CT molecular complexity index is 720. The number of rotatable bonds is 3. The van der Waals surface area contributed by atoms with Crippen LogP contribution in [0, 0.1) is 6.92 Å². The average molecular weight is 297 g/mol. The molecule has 9 heteroatoms. The number of nitrogens with one attached hydrogen (secondary N) is 1. The van der Waals surface area contributed by atoms with Crippen LogP contribution in [0.3, 0.4) is 0 Å². The molecule has 0 radical (unpaired) electrons. The van der Waals surface area contributed by atoms with Gasteiger partial charge in [0, 0.05) is 12.6 Å². The Morgan fingerprint density at radius 3 is 2.95 bits per heavy atom. The number of nitrogen functional groups attached to an aromatic ring is 1. The maximum Gasteiger partial charge on any atom is 0.249 e. The molecule has 3 heterocycles. The van der Waals surface area contributed by atoms with E-state index in [9.17, 15) is 8.42 Å². The van der Waals surface area contributed by atoms with Crippen LogP contribution < -0.4 is 5.73 Å². The third kappa shape index (κ3) is 1.98. The first-order chi connectivity index (χ1) is 9.50. The summed E-state index contributed by atoms with van der Waals surface area (Å²) in [6, 6.07) is 1.42. The summed E-state index contributed by atoms with van der Waals surface area (Å²) in [5.74, 6) is 0.607. The molecule has 2 aromatic rings. The standard InChI is InChI=1S/C11H15N5O3S/c1-7-5-9(19-15-7)8-3-2-4-16(8)20(17,18)10-6-13-14-11(10)12/h5-6,8H,2-4H2,1H3,(H3,12,13,14). The van der Waals surface area contributed by atoms with Crippen LogP contribution in [0.2, 0.25) is 0 Å². The highest BCUT2D eigenvalue weighted by Crippen LogP contribution is 2.37. The summed E-state index contributed by atoms with van der Waals surface area (Å²) >= 11 is 0. The van der Waals surface area contributed by atoms with E-state index in [2.05, 4.69) is 15.4 Å². The molecule has 0 saturated carbocycles. The minimum absolute atomic E-state index is 0.000590. The third-order valence-electron chi connectivity index (χ3n) is 3.40. The van der Waals surface area contributed by atoms with E-state index in [4.69, 9.17) is 10.3 Å². The molecular formula is C11H15N5O3S. The molecule has 108 valence electrons. The molecule has 8 nitrogen and oxygen atoms in total. The monoisotopic (exact) mass is 297 g/mol. The summed E-state index contributed by atoms with van der Waals surface area (Å²) in [7, 11) is -3.69. The van der Waals surface area contributed by atoms with E-state index in [-0.39, 0.29) is 16.8 Å². The molecule has 1 aliphatic rings. The number of aromatic nitrogens is 3. The van der Waals surface area contributed by atoms with Crippen LogP contribution in [0.5, 0.6) is 0 Å². The van der Waals surface area contributed by atoms with Crippen molar-refractivity contribution in [3.63, 3.8) is 0 Å². The molecule has 3 rings (SSSR count). The van der Waals surface area contributed by atoms with Crippen molar-refractivity contribution < 1.29 is 12.9 Å². The van der Waals surface area contributed by atoms with E-state index >= 15 is 0 Å². The highest BCUT2D eigenvalue weighted by molar-refractivity contribution is 7.89. The number of aryl methyl sites for hydroxylation is 1. The van der Waals surface area contributed by atoms with Gasteiger partial charge in [-0.25, -0.2) is 8.42 Å². The largest absolute Gasteiger partial charge is 0.383 e. The number of nitrogens with zero attached hydrogens (tertiary/aromatic N) is 3. The lowest BCUT2D eigenvalue weighted by atomic mass is 10.2. The van der Waals surface area contributed by atoms with Gasteiger partial charge in [0.25, 0.3) is 0 Å². The Morgan fingerprint density at radius 1 is 1.55 bits per heavy atom. The van der Waals surface area contributed by atoms with E-state index in [1.54, 1.807) is 13.0 Å². The molecule has 1 aliphatic heterocycles. The zero-order valence-electron chi connectivity index (χ0n) is 10.9. The number of sulfonamides is 1. The van der Waals surface area contributed by atoms with Crippen LogP contribution in [-0.4, -0.2) is 34.6 Å². The van der Waals surface area contributed by atoms with Crippen LogP contribution in [0.25, 0.3) is 0 Å². The smallest absolute Gasteiger partial charge is 0.249 e. The molecule has 20 heavy (non-hydrogen) atoms. The molecule has 0 amide bonds. The van der Waals surface area contributed by atoms with Gasteiger partial charge in [-0.15, -0.1) is 0 Å². The van der Waals surface area contributed by atoms with Gasteiger partial charge in [-0.3, -0.25) is 5.10 Å². The number of nitrogens with two attached hydrogens (primary N) is 1. The Hall–Kier alpha value is -1.87. The first kappa shape index (κ1) is 13.1. The van der Waals surface area contributed by atoms with Crippen molar-refractivity contribution in [3.05, 3.63) is 23.7 Å². The van der Waals surface area contributed by atoms with Gasteiger partial charge in [0.2, 0.25) is 10.0 Å². The van der Waals surface area contributed by atoms with E-state index in [1.807, 2.05) is 0 Å². The van der Waals surface area contributed by atoms with Crippen molar-refractivity contribution in [2.24, 2.45) is 0 Å². The Morgan fingerprint density at radius 2 is 2.35 bits per heavy atom. The number of hydrogen-bond donors (Lipinski definition) is 2. The molecule has 1 saturated heterocycles. The summed E-state index contributed by atoms with van der Waals surface area (Å²) in [5.41, 5.74) is 6.35. The second-order valence-electron chi connectivity index (χ2n) is 4.79. The number of anilines is 1. The molecule has 3 N–H and O–H groups in total. The predicted molar refractivity (Wildman–Crippen MR) is 70.1 cm³/mol. The van der Waals surface area contributed by atoms with Crippen LogP contribution in [0.15, 0.2) is 21.7 Å². The number of hydrogen-bond acceptors (Lipinski definition) is 6. The molecule has 0 aliphatic carbocycles. The lowest BCUT2D eigenvalue weighted by Crippen LogP contribution is -2.30. The summed E-state index contributed by atoms with van der Waals surface area (Å²) in [6.07, 6.45) is 2.69. The van der Waals surface area contributed by atoms with Crippen molar-refractivity contribution in [2.75, 3.05) is 12.3 Å². The van der Waals surface area contributed by atoms with E-state index in [0.717, 1.165) is 12.1 Å². The van der Waals surface area contributed by atoms with Crippen molar-refractivity contribution in [1.29, 1.82) is 0 Å². The number of H-pyrrole nitrogens is 1. The van der Waals surface area contributed by atoms with Gasteiger partial charge in [-0.05, 0) is 19.8 Å². The third-order valence-corrected chi connectivity index (χ3v) is 5.33. The highest BCUT2D eigenvalue weighted by atomic mass is 32.2. The maximum atomic E-state index is 12.6. The molecular weight excluding hydrogens is 282 g/mol. The minimum atomic E-state index is -3.69. The fourth-order valence-electron chi connectivity index (χ4n) is 2.47. The van der Waals surface area contributed by atoms with Crippen molar-refractivity contribution in [3.8, 4) is 0 Å². The molecule has 1 atom stereocenters. The first-order valence-electron chi connectivity index (χ1n) is 6.24. The predicted octanol–water partition coefficient (Wildman–Crippen LogP) is 0.814. The molecule has 1 unspecified atom stereocenters. The summed E-state index contributed by atoms with van der Waals surface area (Å²) < 4.78 is 31.9. The zero-order chi connectivity index (χ0) is 14.3. The summed E-state index contributed by atoms with van der Waals surface area (Å²) in [5, 5.41) is 9.93. The fourth-order valence-corrected chi connectivity index (χ4v) is 4.15. The first-order valence-corrected chi connectivity index (χ1v) is 7.68. The lowest BCUT2D eigenvalue weighted by Gasteiger charge is -2.21. The maximum absolute atomic E-state index is 12.6. The zero-order valence-corrected chi connectivity index (χ0v) is 11.7. The average Bonchev–Trinajstić information content (AvgIpc) is 3.07. The van der Waals surface area contributed by atoms with Gasteiger partial charge >= 0.3 is 0 Å². The van der Waals surface area contributed by atoms with Crippen LogP contribution in [0.1, 0.15) is 30.3 Å². The summed E-state index contributed by atoms with van der Waals surface area (Å²) in [4.78, 5) is 0.000590. The Labute approximate surface area is 116 Å². The van der Waals surface area contributed by atoms with Gasteiger partial charge in [0.15, 0.2) is 5.76 Å². The quantitative estimate of drug-likeness (QED) is 0.865. The Balaban J connectivity index is 1.99. The second-order valence-corrected chi connectivity index (χ2v) is 6.65. The topological polar surface area (TPSA) is 118 Å². The Kier molecular flexibility index (Phi) is 3.02. The number of aromatic amines is 1. The normalized spacial score (nSPS) is 20.6.